The molecule has 0 radical (unpaired) electrons. The number of aryl methyl sites for hydroxylation is 1. The van der Waals surface area contributed by atoms with Crippen molar-refractivity contribution in [2.24, 2.45) is 5.92 Å². The van der Waals surface area contributed by atoms with Crippen LogP contribution >= 0.6 is 12.6 Å². The van der Waals surface area contributed by atoms with Crippen LogP contribution in [0.2, 0.25) is 0 Å². The van der Waals surface area contributed by atoms with Crippen molar-refractivity contribution in [3.8, 4) is 5.75 Å². The van der Waals surface area contributed by atoms with Gasteiger partial charge in [0, 0.05) is 30.0 Å². The fourth-order valence-corrected chi connectivity index (χ4v) is 4.03. The molecule has 22 heavy (non-hydrogen) atoms. The van der Waals surface area contributed by atoms with E-state index >= 15 is 0 Å². The molecule has 0 spiro atoms. The van der Waals surface area contributed by atoms with Gasteiger partial charge in [-0.2, -0.15) is 5.10 Å². The molecule has 1 unspecified atom stereocenters. The van der Waals surface area contributed by atoms with E-state index in [1.807, 2.05) is 6.07 Å². The highest BCUT2D eigenvalue weighted by Gasteiger charge is 2.31. The third-order valence-electron chi connectivity index (χ3n) is 5.21. The quantitative estimate of drug-likeness (QED) is 0.849. The number of thiol groups is 1. The zero-order valence-electron chi connectivity index (χ0n) is 13.0. The van der Waals surface area contributed by atoms with Crippen LogP contribution in [0.25, 0.3) is 10.9 Å². The van der Waals surface area contributed by atoms with Gasteiger partial charge in [-0.3, -0.25) is 10.00 Å². The third kappa shape index (κ3) is 2.61. The summed E-state index contributed by atoms with van der Waals surface area (Å²) in [6.45, 7) is 5.35. The molecule has 2 heterocycles. The summed E-state index contributed by atoms with van der Waals surface area (Å²) in [6, 6.07) is 4.99. The highest BCUT2D eigenvalue weighted by Crippen LogP contribution is 2.31. The molecule has 1 aromatic carbocycles. The van der Waals surface area contributed by atoms with Gasteiger partial charge in [0.05, 0.1) is 12.1 Å². The van der Waals surface area contributed by atoms with E-state index in [-0.39, 0.29) is 0 Å². The van der Waals surface area contributed by atoms with Gasteiger partial charge in [0.1, 0.15) is 10.8 Å². The Morgan fingerprint density at radius 3 is 3.00 bits per heavy atom. The first-order chi connectivity index (χ1) is 10.7. The SMILES string of the molecule is Cc1cc(OCC2CCN(C3CCC3)C2)cc2[nH]nc(S)c12. The summed E-state index contributed by atoms with van der Waals surface area (Å²) >= 11 is 4.38. The van der Waals surface area contributed by atoms with E-state index < -0.39 is 0 Å². The van der Waals surface area contributed by atoms with Crippen molar-refractivity contribution >= 4 is 23.5 Å². The number of nitrogens with one attached hydrogen (secondary N) is 1. The molecule has 1 aromatic heterocycles. The van der Waals surface area contributed by atoms with E-state index in [0.717, 1.165) is 39.9 Å². The Labute approximate surface area is 136 Å². The van der Waals surface area contributed by atoms with Crippen LogP contribution in [0.15, 0.2) is 17.2 Å². The lowest BCUT2D eigenvalue weighted by Gasteiger charge is -2.34. The van der Waals surface area contributed by atoms with Crippen LogP contribution in [0, 0.1) is 12.8 Å². The predicted octanol–water partition coefficient (Wildman–Crippen LogP) is 3.41. The molecule has 0 bridgehead atoms. The lowest BCUT2D eigenvalue weighted by molar-refractivity contribution is 0.146. The lowest BCUT2D eigenvalue weighted by Crippen LogP contribution is -2.38. The van der Waals surface area contributed by atoms with Crippen molar-refractivity contribution in [3.05, 3.63) is 17.7 Å². The maximum Gasteiger partial charge on any atom is 0.123 e. The Morgan fingerprint density at radius 2 is 2.23 bits per heavy atom. The number of rotatable bonds is 4. The average Bonchev–Trinajstić information content (AvgIpc) is 3.02. The van der Waals surface area contributed by atoms with Crippen molar-refractivity contribution in [2.45, 2.75) is 43.7 Å². The van der Waals surface area contributed by atoms with Gasteiger partial charge in [-0.25, -0.2) is 0 Å². The number of hydrogen-bond donors (Lipinski definition) is 2. The van der Waals surface area contributed by atoms with Crippen LogP contribution in [0.3, 0.4) is 0 Å². The monoisotopic (exact) mass is 317 g/mol. The topological polar surface area (TPSA) is 41.1 Å². The third-order valence-corrected chi connectivity index (χ3v) is 5.53. The van der Waals surface area contributed by atoms with Gasteiger partial charge in [0.2, 0.25) is 0 Å². The van der Waals surface area contributed by atoms with E-state index in [0.29, 0.717) is 5.92 Å². The van der Waals surface area contributed by atoms with E-state index in [9.17, 15) is 0 Å². The first kappa shape index (κ1) is 14.4. The summed E-state index contributed by atoms with van der Waals surface area (Å²) in [7, 11) is 0. The molecule has 2 fully saturated rings. The van der Waals surface area contributed by atoms with Gasteiger partial charge in [0.25, 0.3) is 0 Å². The van der Waals surface area contributed by atoms with Crippen molar-refractivity contribution < 1.29 is 4.74 Å². The van der Waals surface area contributed by atoms with Crippen molar-refractivity contribution in [3.63, 3.8) is 0 Å². The number of H-pyrrole nitrogens is 1. The first-order valence-electron chi connectivity index (χ1n) is 8.25. The van der Waals surface area contributed by atoms with Crippen LogP contribution < -0.4 is 4.74 Å². The molecule has 0 amide bonds. The minimum absolute atomic E-state index is 0.666. The Morgan fingerprint density at radius 1 is 1.36 bits per heavy atom. The number of aromatic amines is 1. The summed E-state index contributed by atoms with van der Waals surface area (Å²) in [5.41, 5.74) is 2.16. The Bertz CT molecular complexity index is 680. The molecule has 1 saturated carbocycles. The number of hydrogen-bond acceptors (Lipinski definition) is 4. The molecule has 1 saturated heterocycles. The number of fused-ring (bicyclic) bond motifs is 1. The molecule has 2 aliphatic rings. The maximum atomic E-state index is 6.07. The normalized spacial score (nSPS) is 23.1. The molecule has 1 aliphatic carbocycles. The van der Waals surface area contributed by atoms with E-state index in [2.05, 4.69) is 40.7 Å². The van der Waals surface area contributed by atoms with E-state index in [4.69, 9.17) is 4.74 Å². The Kier molecular flexibility index (Phi) is 3.78. The minimum Gasteiger partial charge on any atom is -0.493 e. The van der Waals surface area contributed by atoms with Gasteiger partial charge in [0.15, 0.2) is 0 Å². The summed E-state index contributed by atoms with van der Waals surface area (Å²) in [4.78, 5) is 2.66. The molecule has 2 aromatic rings. The van der Waals surface area contributed by atoms with Crippen molar-refractivity contribution in [1.82, 2.24) is 15.1 Å². The first-order valence-corrected chi connectivity index (χ1v) is 8.70. The number of nitrogens with zero attached hydrogens (tertiary/aromatic N) is 2. The Balaban J connectivity index is 1.39. The van der Waals surface area contributed by atoms with Gasteiger partial charge >= 0.3 is 0 Å². The summed E-state index contributed by atoms with van der Waals surface area (Å²) in [5, 5.41) is 9.02. The van der Waals surface area contributed by atoms with Crippen molar-refractivity contribution in [2.75, 3.05) is 19.7 Å². The molecule has 5 heteroatoms. The second-order valence-corrected chi connectivity index (χ2v) is 7.18. The van der Waals surface area contributed by atoms with Gasteiger partial charge in [-0.05, 0) is 44.4 Å². The number of likely N-dealkylation sites (tertiary alicyclic amines) is 1. The summed E-state index contributed by atoms with van der Waals surface area (Å²) in [6.07, 6.45) is 5.48. The highest BCUT2D eigenvalue weighted by molar-refractivity contribution is 7.80. The van der Waals surface area contributed by atoms with Gasteiger partial charge < -0.3 is 4.74 Å². The molecule has 1 aliphatic heterocycles. The van der Waals surface area contributed by atoms with Crippen LogP contribution in [0.5, 0.6) is 5.75 Å². The van der Waals surface area contributed by atoms with Crippen LogP contribution in [-0.2, 0) is 0 Å². The fourth-order valence-electron chi connectivity index (χ4n) is 3.69. The van der Waals surface area contributed by atoms with E-state index in [1.165, 1.54) is 38.8 Å². The number of benzene rings is 1. The zero-order valence-corrected chi connectivity index (χ0v) is 13.9. The summed E-state index contributed by atoms with van der Waals surface area (Å²) < 4.78 is 6.07. The van der Waals surface area contributed by atoms with Gasteiger partial charge in [-0.15, -0.1) is 12.6 Å². The summed E-state index contributed by atoms with van der Waals surface area (Å²) in [5.74, 6) is 1.60. The molecular weight excluding hydrogens is 294 g/mol. The molecular formula is C17H23N3OS. The Hall–Kier alpha value is -1.20. The molecule has 4 rings (SSSR count). The highest BCUT2D eigenvalue weighted by atomic mass is 32.1. The number of aromatic nitrogens is 2. The minimum atomic E-state index is 0.666. The van der Waals surface area contributed by atoms with Gasteiger partial charge in [-0.1, -0.05) is 6.42 Å². The van der Waals surface area contributed by atoms with Crippen LogP contribution in [0.1, 0.15) is 31.2 Å². The zero-order chi connectivity index (χ0) is 15.1. The van der Waals surface area contributed by atoms with Crippen LogP contribution in [0.4, 0.5) is 0 Å². The van der Waals surface area contributed by atoms with Crippen LogP contribution in [-0.4, -0.2) is 40.8 Å². The fraction of sp³-hybridized carbons (Fsp3) is 0.588. The predicted molar refractivity (Wildman–Crippen MR) is 90.9 cm³/mol. The van der Waals surface area contributed by atoms with E-state index in [1.54, 1.807) is 0 Å². The second kappa shape index (κ2) is 5.78. The molecule has 4 nitrogen and oxygen atoms in total. The number of ether oxygens (including phenoxy) is 1. The smallest absolute Gasteiger partial charge is 0.123 e. The van der Waals surface area contributed by atoms with Crippen molar-refractivity contribution in [1.29, 1.82) is 0 Å². The average molecular weight is 317 g/mol. The molecule has 1 atom stereocenters. The largest absolute Gasteiger partial charge is 0.493 e. The maximum absolute atomic E-state index is 6.07. The molecule has 118 valence electrons. The second-order valence-electron chi connectivity index (χ2n) is 6.76. The lowest BCUT2D eigenvalue weighted by atomic mass is 9.92. The molecule has 1 N–H and O–H groups in total. The standard InChI is InChI=1S/C17H23N3OS/c1-11-7-14(8-15-16(11)17(22)19-18-15)21-10-12-5-6-20(9-12)13-3-2-4-13/h7-8,12-13H,2-6,9-10H2,1H3,(H2,18,19,22).